The highest BCUT2D eigenvalue weighted by molar-refractivity contribution is 5.94. The summed E-state index contributed by atoms with van der Waals surface area (Å²) in [7, 11) is 1.72. The maximum absolute atomic E-state index is 12.3. The van der Waals surface area contributed by atoms with Crippen molar-refractivity contribution in [1.82, 2.24) is 9.78 Å². The van der Waals surface area contributed by atoms with Crippen molar-refractivity contribution in [3.63, 3.8) is 0 Å². The average Bonchev–Trinajstić information content (AvgIpc) is 2.89. The fraction of sp³-hybridized carbons (Fsp3) is 0.353. The molecule has 0 bridgehead atoms. The highest BCUT2D eigenvalue weighted by Crippen LogP contribution is 2.27. The Labute approximate surface area is 134 Å². The summed E-state index contributed by atoms with van der Waals surface area (Å²) >= 11 is 0. The van der Waals surface area contributed by atoms with Gasteiger partial charge in [-0.15, -0.1) is 0 Å². The molecule has 0 saturated heterocycles. The molecule has 0 atom stereocenters. The SMILES string of the molecule is CC(C)c1cc(C(=O)Oc2ccc3c(c2)NC(=O)CC3)n(C)n1. The van der Waals surface area contributed by atoms with Crippen LogP contribution in [0.15, 0.2) is 24.3 Å². The van der Waals surface area contributed by atoms with Crippen molar-refractivity contribution in [2.45, 2.75) is 32.6 Å². The Kier molecular flexibility index (Phi) is 3.90. The summed E-state index contributed by atoms with van der Waals surface area (Å²) in [6.07, 6.45) is 1.19. The van der Waals surface area contributed by atoms with E-state index in [1.165, 1.54) is 4.68 Å². The number of esters is 1. The molecule has 0 unspecified atom stereocenters. The first-order valence-corrected chi connectivity index (χ1v) is 7.63. The summed E-state index contributed by atoms with van der Waals surface area (Å²) < 4.78 is 6.95. The minimum absolute atomic E-state index is 0.0193. The number of anilines is 1. The van der Waals surface area contributed by atoms with Gasteiger partial charge in [0.25, 0.3) is 0 Å². The molecule has 3 rings (SSSR count). The molecule has 1 aliphatic rings. The van der Waals surface area contributed by atoms with Gasteiger partial charge in [0, 0.05) is 25.2 Å². The van der Waals surface area contributed by atoms with Crippen LogP contribution < -0.4 is 10.1 Å². The second-order valence-electron chi connectivity index (χ2n) is 5.99. The average molecular weight is 313 g/mol. The summed E-state index contributed by atoms with van der Waals surface area (Å²) in [6, 6.07) is 7.05. The highest BCUT2D eigenvalue weighted by atomic mass is 16.5. The quantitative estimate of drug-likeness (QED) is 0.698. The third kappa shape index (κ3) is 3.11. The number of carbonyl (C=O) groups is 2. The number of amides is 1. The molecule has 1 aliphatic heterocycles. The highest BCUT2D eigenvalue weighted by Gasteiger charge is 2.19. The van der Waals surface area contributed by atoms with Crippen LogP contribution in [0.5, 0.6) is 5.75 Å². The number of benzene rings is 1. The van der Waals surface area contributed by atoms with Crippen LogP contribution in [0.3, 0.4) is 0 Å². The first-order chi connectivity index (χ1) is 10.9. The zero-order valence-electron chi connectivity index (χ0n) is 13.4. The standard InChI is InChI=1S/C17H19N3O3/c1-10(2)13-9-15(20(3)19-13)17(22)23-12-6-4-11-5-7-16(21)18-14(11)8-12/h4,6,8-10H,5,7H2,1-3H3,(H,18,21). The molecule has 120 valence electrons. The van der Waals surface area contributed by atoms with E-state index in [2.05, 4.69) is 10.4 Å². The Bertz CT molecular complexity index is 777. The molecular formula is C17H19N3O3. The molecule has 1 amide bonds. The maximum atomic E-state index is 12.3. The summed E-state index contributed by atoms with van der Waals surface area (Å²) in [4.78, 5) is 23.8. The fourth-order valence-corrected chi connectivity index (χ4v) is 2.54. The van der Waals surface area contributed by atoms with Gasteiger partial charge in [-0.3, -0.25) is 9.48 Å². The fourth-order valence-electron chi connectivity index (χ4n) is 2.54. The first-order valence-electron chi connectivity index (χ1n) is 7.63. The summed E-state index contributed by atoms with van der Waals surface area (Å²) in [6.45, 7) is 4.03. The molecule has 0 spiro atoms. The Hall–Kier alpha value is -2.63. The van der Waals surface area contributed by atoms with Crippen LogP contribution in [0.1, 0.15) is 47.9 Å². The van der Waals surface area contributed by atoms with Crippen molar-refractivity contribution in [3.8, 4) is 5.75 Å². The lowest BCUT2D eigenvalue weighted by molar-refractivity contribution is -0.116. The Morgan fingerprint density at radius 3 is 2.78 bits per heavy atom. The first kappa shape index (κ1) is 15.3. The molecule has 6 heteroatoms. The topological polar surface area (TPSA) is 73.2 Å². The van der Waals surface area contributed by atoms with Crippen molar-refractivity contribution in [1.29, 1.82) is 0 Å². The molecular weight excluding hydrogens is 294 g/mol. The Morgan fingerprint density at radius 2 is 2.09 bits per heavy atom. The predicted octanol–water partition coefficient (Wildman–Crippen LogP) is 2.65. The number of nitrogens with zero attached hydrogens (tertiary/aromatic N) is 2. The van der Waals surface area contributed by atoms with Crippen molar-refractivity contribution >= 4 is 17.6 Å². The molecule has 6 nitrogen and oxygen atoms in total. The van der Waals surface area contributed by atoms with Crippen molar-refractivity contribution in [2.75, 3.05) is 5.32 Å². The van der Waals surface area contributed by atoms with Crippen LogP contribution in [-0.2, 0) is 18.3 Å². The summed E-state index contributed by atoms with van der Waals surface area (Å²) in [5.41, 5.74) is 3.00. The molecule has 0 fully saturated rings. The van der Waals surface area contributed by atoms with E-state index < -0.39 is 5.97 Å². The number of fused-ring (bicyclic) bond motifs is 1. The zero-order valence-corrected chi connectivity index (χ0v) is 13.4. The molecule has 2 aromatic rings. The van der Waals surface area contributed by atoms with Crippen LogP contribution in [0.25, 0.3) is 0 Å². The number of hydrogen-bond acceptors (Lipinski definition) is 4. The third-order valence-electron chi connectivity index (χ3n) is 3.89. The van der Waals surface area contributed by atoms with E-state index in [0.717, 1.165) is 11.3 Å². The number of rotatable bonds is 3. The van der Waals surface area contributed by atoms with Crippen molar-refractivity contribution in [3.05, 3.63) is 41.2 Å². The van der Waals surface area contributed by atoms with Gasteiger partial charge < -0.3 is 10.1 Å². The molecule has 0 radical (unpaired) electrons. The number of aryl methyl sites for hydroxylation is 2. The molecule has 23 heavy (non-hydrogen) atoms. The maximum Gasteiger partial charge on any atom is 0.361 e. The van der Waals surface area contributed by atoms with Gasteiger partial charge in [0.2, 0.25) is 5.91 Å². The van der Waals surface area contributed by atoms with Gasteiger partial charge in [-0.05, 0) is 30.0 Å². The predicted molar refractivity (Wildman–Crippen MR) is 85.6 cm³/mol. The van der Waals surface area contributed by atoms with Gasteiger partial charge in [-0.25, -0.2) is 4.79 Å². The van der Waals surface area contributed by atoms with Gasteiger partial charge >= 0.3 is 5.97 Å². The molecule has 2 heterocycles. The van der Waals surface area contributed by atoms with Crippen molar-refractivity contribution < 1.29 is 14.3 Å². The van der Waals surface area contributed by atoms with Crippen LogP contribution in [0, 0.1) is 0 Å². The molecule has 1 aromatic heterocycles. The zero-order chi connectivity index (χ0) is 16.6. The summed E-state index contributed by atoms with van der Waals surface area (Å²) in [5.74, 6) is 0.160. The minimum Gasteiger partial charge on any atom is -0.422 e. The Morgan fingerprint density at radius 1 is 1.30 bits per heavy atom. The molecule has 0 aliphatic carbocycles. The lowest BCUT2D eigenvalue weighted by Gasteiger charge is -2.17. The van der Waals surface area contributed by atoms with Gasteiger partial charge in [0.1, 0.15) is 11.4 Å². The van der Waals surface area contributed by atoms with Crippen molar-refractivity contribution in [2.24, 2.45) is 7.05 Å². The number of nitrogens with one attached hydrogen (secondary N) is 1. The smallest absolute Gasteiger partial charge is 0.361 e. The summed E-state index contributed by atoms with van der Waals surface area (Å²) in [5, 5.41) is 7.11. The van der Waals surface area contributed by atoms with Crippen LogP contribution in [0.2, 0.25) is 0 Å². The number of aromatic nitrogens is 2. The van der Waals surface area contributed by atoms with Crippen LogP contribution in [0.4, 0.5) is 5.69 Å². The lowest BCUT2D eigenvalue weighted by atomic mass is 10.0. The van der Waals surface area contributed by atoms with E-state index in [-0.39, 0.29) is 11.8 Å². The van der Waals surface area contributed by atoms with E-state index >= 15 is 0 Å². The monoisotopic (exact) mass is 313 g/mol. The number of carbonyl (C=O) groups excluding carboxylic acids is 2. The Balaban J connectivity index is 1.80. The largest absolute Gasteiger partial charge is 0.422 e. The van der Waals surface area contributed by atoms with Crippen LogP contribution in [-0.4, -0.2) is 21.7 Å². The molecule has 1 N–H and O–H groups in total. The normalized spacial score (nSPS) is 13.7. The third-order valence-corrected chi connectivity index (χ3v) is 3.89. The van der Waals surface area contributed by atoms with Gasteiger partial charge in [0.05, 0.1) is 5.69 Å². The lowest BCUT2D eigenvalue weighted by Crippen LogP contribution is -2.19. The van der Waals surface area contributed by atoms with E-state index in [4.69, 9.17) is 4.74 Å². The van der Waals surface area contributed by atoms with Gasteiger partial charge in [-0.2, -0.15) is 5.10 Å². The van der Waals surface area contributed by atoms with E-state index in [9.17, 15) is 9.59 Å². The molecule has 0 saturated carbocycles. The minimum atomic E-state index is -0.464. The van der Waals surface area contributed by atoms with Gasteiger partial charge in [0.15, 0.2) is 0 Å². The van der Waals surface area contributed by atoms with Crippen LogP contribution >= 0.6 is 0 Å². The number of ether oxygens (including phenoxy) is 1. The number of hydrogen-bond donors (Lipinski definition) is 1. The van der Waals surface area contributed by atoms with Gasteiger partial charge in [-0.1, -0.05) is 19.9 Å². The van der Waals surface area contributed by atoms with E-state index in [1.54, 1.807) is 25.2 Å². The second kappa shape index (κ2) is 5.87. The van der Waals surface area contributed by atoms with E-state index in [1.807, 2.05) is 19.9 Å². The molecule has 1 aromatic carbocycles. The van der Waals surface area contributed by atoms with E-state index in [0.29, 0.717) is 30.0 Å². The second-order valence-corrected chi connectivity index (χ2v) is 5.99.